The molecular weight excluding hydrogens is 198 g/mol. The first kappa shape index (κ1) is 11.2. The van der Waals surface area contributed by atoms with Gasteiger partial charge in [-0.1, -0.05) is 25.1 Å². The Morgan fingerprint density at radius 3 is 2.88 bits per heavy atom. The van der Waals surface area contributed by atoms with Crippen molar-refractivity contribution < 1.29 is 4.79 Å². The summed E-state index contributed by atoms with van der Waals surface area (Å²) in [6.45, 7) is 3.90. The van der Waals surface area contributed by atoms with Crippen molar-refractivity contribution in [2.75, 3.05) is 13.1 Å². The lowest BCUT2D eigenvalue weighted by Gasteiger charge is -2.21. The molecule has 2 heteroatoms. The summed E-state index contributed by atoms with van der Waals surface area (Å²) in [5.74, 6) is 0.883. The number of hydrogen-bond acceptors (Lipinski definition) is 1. The van der Waals surface area contributed by atoms with E-state index < -0.39 is 0 Å². The molecule has 0 spiro atoms. The Kier molecular flexibility index (Phi) is 3.60. The van der Waals surface area contributed by atoms with Gasteiger partial charge in [-0.3, -0.25) is 4.79 Å². The van der Waals surface area contributed by atoms with Crippen molar-refractivity contribution in [3.8, 4) is 0 Å². The second-order valence-corrected chi connectivity index (χ2v) is 4.47. The Balaban J connectivity index is 2.03. The van der Waals surface area contributed by atoms with E-state index >= 15 is 0 Å². The fraction of sp³-hybridized carbons (Fsp3) is 0.500. The first-order valence-electron chi connectivity index (χ1n) is 6.07. The van der Waals surface area contributed by atoms with Gasteiger partial charge in [0, 0.05) is 18.7 Å². The summed E-state index contributed by atoms with van der Waals surface area (Å²) in [5.41, 5.74) is 0.691. The van der Waals surface area contributed by atoms with E-state index in [1.54, 1.807) is 6.07 Å². The second-order valence-electron chi connectivity index (χ2n) is 4.47. The quantitative estimate of drug-likeness (QED) is 0.741. The maximum Gasteiger partial charge on any atom is 0.254 e. The number of amides is 1. The monoisotopic (exact) mass is 216 g/mol. The van der Waals surface area contributed by atoms with Crippen molar-refractivity contribution in [1.82, 2.24) is 4.90 Å². The summed E-state index contributed by atoms with van der Waals surface area (Å²) in [6.07, 6.45) is 3.59. The summed E-state index contributed by atoms with van der Waals surface area (Å²) in [5, 5.41) is 0. The van der Waals surface area contributed by atoms with E-state index in [9.17, 15) is 4.79 Å². The Hall–Kier alpha value is -1.31. The molecule has 1 aliphatic rings. The van der Waals surface area contributed by atoms with Crippen molar-refractivity contribution >= 4 is 5.91 Å². The number of carbonyl (C=O) groups is 1. The van der Waals surface area contributed by atoms with E-state index in [0.717, 1.165) is 25.4 Å². The Labute approximate surface area is 97.3 Å². The molecule has 2 rings (SSSR count). The van der Waals surface area contributed by atoms with E-state index in [2.05, 4.69) is 13.0 Å². The lowest BCUT2D eigenvalue weighted by atomic mass is 10.2. The fourth-order valence-electron chi connectivity index (χ4n) is 1.85. The average Bonchev–Trinajstić information content (AvgIpc) is 3.13. The normalized spacial score (nSPS) is 14.8. The highest BCUT2D eigenvalue weighted by atomic mass is 16.2. The van der Waals surface area contributed by atoms with Gasteiger partial charge in [-0.05, 0) is 37.3 Å². The van der Waals surface area contributed by atoms with Gasteiger partial charge in [0.25, 0.3) is 5.91 Å². The maximum atomic E-state index is 12.2. The minimum absolute atomic E-state index is 0.134. The van der Waals surface area contributed by atoms with Crippen LogP contribution in [0, 0.1) is 12.0 Å². The Morgan fingerprint density at radius 2 is 2.31 bits per heavy atom. The predicted octanol–water partition coefficient (Wildman–Crippen LogP) is 2.75. The molecule has 85 valence electrons. The minimum Gasteiger partial charge on any atom is -0.338 e. The molecule has 1 radical (unpaired) electrons. The zero-order chi connectivity index (χ0) is 11.4. The van der Waals surface area contributed by atoms with Crippen LogP contribution in [0.3, 0.4) is 0 Å². The molecule has 1 aromatic rings. The number of benzene rings is 1. The van der Waals surface area contributed by atoms with Crippen molar-refractivity contribution in [3.63, 3.8) is 0 Å². The minimum atomic E-state index is 0.134. The third-order valence-corrected chi connectivity index (χ3v) is 2.90. The van der Waals surface area contributed by atoms with Crippen LogP contribution in [0.15, 0.2) is 24.3 Å². The average molecular weight is 216 g/mol. The first-order chi connectivity index (χ1) is 7.81. The molecule has 1 fully saturated rings. The van der Waals surface area contributed by atoms with Crippen LogP contribution in [0.5, 0.6) is 0 Å². The molecule has 16 heavy (non-hydrogen) atoms. The van der Waals surface area contributed by atoms with E-state index in [-0.39, 0.29) is 5.91 Å². The van der Waals surface area contributed by atoms with E-state index in [1.165, 1.54) is 12.8 Å². The lowest BCUT2D eigenvalue weighted by Crippen LogP contribution is -2.33. The molecule has 0 heterocycles. The van der Waals surface area contributed by atoms with Gasteiger partial charge in [-0.15, -0.1) is 0 Å². The van der Waals surface area contributed by atoms with Gasteiger partial charge >= 0.3 is 0 Å². The van der Waals surface area contributed by atoms with Crippen LogP contribution < -0.4 is 0 Å². The summed E-state index contributed by atoms with van der Waals surface area (Å²) in [4.78, 5) is 14.2. The number of hydrogen-bond donors (Lipinski definition) is 0. The van der Waals surface area contributed by atoms with E-state index in [0.29, 0.717) is 5.56 Å². The molecule has 1 amide bonds. The molecule has 0 saturated heterocycles. The molecule has 0 bridgehead atoms. The highest BCUT2D eigenvalue weighted by Gasteiger charge is 2.26. The van der Waals surface area contributed by atoms with Crippen LogP contribution >= 0.6 is 0 Å². The Morgan fingerprint density at radius 1 is 1.50 bits per heavy atom. The maximum absolute atomic E-state index is 12.2. The second kappa shape index (κ2) is 5.15. The molecule has 1 aliphatic carbocycles. The zero-order valence-corrected chi connectivity index (χ0v) is 9.78. The third kappa shape index (κ3) is 2.84. The molecule has 1 saturated carbocycles. The fourth-order valence-corrected chi connectivity index (χ4v) is 1.85. The standard InChI is InChI=1S/C14H18NO/c1-2-10-15(11-12-8-9-12)14(16)13-6-4-3-5-7-13/h3-6,12H,2,8-11H2,1H3. The summed E-state index contributed by atoms with van der Waals surface area (Å²) in [6, 6.07) is 10.4. The van der Waals surface area contributed by atoms with Crippen LogP contribution in [0.2, 0.25) is 0 Å². The molecule has 0 atom stereocenters. The van der Waals surface area contributed by atoms with Crippen LogP contribution in [0.25, 0.3) is 0 Å². The van der Waals surface area contributed by atoms with E-state index in [4.69, 9.17) is 0 Å². The first-order valence-corrected chi connectivity index (χ1v) is 6.07. The molecule has 2 nitrogen and oxygen atoms in total. The molecule has 0 aliphatic heterocycles. The van der Waals surface area contributed by atoms with Crippen LogP contribution in [0.4, 0.5) is 0 Å². The Bertz CT molecular complexity index is 343. The van der Waals surface area contributed by atoms with Crippen molar-refractivity contribution in [2.24, 2.45) is 5.92 Å². The third-order valence-electron chi connectivity index (χ3n) is 2.90. The van der Waals surface area contributed by atoms with Gasteiger partial charge in [0.05, 0.1) is 0 Å². The molecule has 1 aromatic carbocycles. The topological polar surface area (TPSA) is 20.3 Å². The van der Waals surface area contributed by atoms with E-state index in [1.807, 2.05) is 23.1 Å². The van der Waals surface area contributed by atoms with Crippen molar-refractivity contribution in [2.45, 2.75) is 26.2 Å². The lowest BCUT2D eigenvalue weighted by molar-refractivity contribution is 0.0747. The van der Waals surface area contributed by atoms with Gasteiger partial charge < -0.3 is 4.90 Å². The van der Waals surface area contributed by atoms with Gasteiger partial charge in [0.2, 0.25) is 0 Å². The van der Waals surface area contributed by atoms with Gasteiger partial charge in [0.15, 0.2) is 0 Å². The highest BCUT2D eigenvalue weighted by molar-refractivity contribution is 5.93. The number of carbonyl (C=O) groups excluding carboxylic acids is 1. The SMILES string of the molecule is CCCN(CC1CC1)C(=O)c1[c]cccc1. The molecule has 0 unspecified atom stereocenters. The molecular formula is C14H18NO. The zero-order valence-electron chi connectivity index (χ0n) is 9.78. The van der Waals surface area contributed by atoms with Gasteiger partial charge in [0.1, 0.15) is 0 Å². The van der Waals surface area contributed by atoms with Gasteiger partial charge in [-0.2, -0.15) is 0 Å². The largest absolute Gasteiger partial charge is 0.338 e. The van der Waals surface area contributed by atoms with Crippen molar-refractivity contribution in [1.29, 1.82) is 0 Å². The predicted molar refractivity (Wildman–Crippen MR) is 64.2 cm³/mol. The van der Waals surface area contributed by atoms with Gasteiger partial charge in [-0.25, -0.2) is 0 Å². The highest BCUT2D eigenvalue weighted by Crippen LogP contribution is 2.30. The summed E-state index contributed by atoms with van der Waals surface area (Å²) < 4.78 is 0. The molecule has 0 N–H and O–H groups in total. The summed E-state index contributed by atoms with van der Waals surface area (Å²) >= 11 is 0. The van der Waals surface area contributed by atoms with Crippen molar-refractivity contribution in [3.05, 3.63) is 35.9 Å². The summed E-state index contributed by atoms with van der Waals surface area (Å²) in [7, 11) is 0. The van der Waals surface area contributed by atoms with Crippen LogP contribution in [0.1, 0.15) is 36.5 Å². The number of nitrogens with zero attached hydrogens (tertiary/aromatic N) is 1. The smallest absolute Gasteiger partial charge is 0.254 e. The van der Waals surface area contributed by atoms with Crippen LogP contribution in [-0.4, -0.2) is 23.9 Å². The van der Waals surface area contributed by atoms with Crippen LogP contribution in [-0.2, 0) is 0 Å². The molecule has 0 aromatic heterocycles. The number of rotatable bonds is 5.